The van der Waals surface area contributed by atoms with Gasteiger partial charge in [-0.15, -0.1) is 0 Å². The van der Waals surface area contributed by atoms with Gasteiger partial charge in [0.25, 0.3) is 0 Å². The maximum Gasteiger partial charge on any atom is 0.417 e. The van der Waals surface area contributed by atoms with Gasteiger partial charge in [0.1, 0.15) is 0 Å². The summed E-state index contributed by atoms with van der Waals surface area (Å²) in [6, 6.07) is 4.80. The van der Waals surface area contributed by atoms with E-state index in [4.69, 9.17) is 18.9 Å². The monoisotopic (exact) mass is 1090 g/mol. The van der Waals surface area contributed by atoms with Crippen LogP contribution in [0.3, 0.4) is 0 Å². The number of methoxy groups -OCH3 is 1. The first-order valence-corrected chi connectivity index (χ1v) is 29.1. The first-order valence-electron chi connectivity index (χ1n) is 29.1. The number of likely N-dealkylation sites (tertiary alicyclic amines) is 2. The molecule has 0 spiro atoms. The molecule has 2 aromatic rings. The van der Waals surface area contributed by atoms with E-state index in [1.807, 2.05) is 17.0 Å². The molecule has 0 radical (unpaired) electrons. The third-order valence-corrected chi connectivity index (χ3v) is 18.4. The van der Waals surface area contributed by atoms with E-state index in [0.29, 0.717) is 108 Å². The van der Waals surface area contributed by atoms with Crippen LogP contribution in [0.2, 0.25) is 0 Å². The number of amides is 5. The summed E-state index contributed by atoms with van der Waals surface area (Å²) in [6.45, 7) is 4.36. The molecule has 9 rings (SSSR count). The van der Waals surface area contributed by atoms with Gasteiger partial charge in [0.05, 0.1) is 54.5 Å². The molecule has 78 heavy (non-hydrogen) atoms. The van der Waals surface area contributed by atoms with Crippen LogP contribution < -0.4 is 16.0 Å². The predicted molar refractivity (Wildman–Crippen MR) is 282 cm³/mol. The number of aromatic nitrogens is 2. The fourth-order valence-corrected chi connectivity index (χ4v) is 13.8. The Morgan fingerprint density at radius 3 is 2.37 bits per heavy atom. The van der Waals surface area contributed by atoms with Crippen molar-refractivity contribution in [2.24, 2.45) is 23.2 Å². The Morgan fingerprint density at radius 2 is 1.65 bits per heavy atom. The zero-order valence-electron chi connectivity index (χ0n) is 45.8. The van der Waals surface area contributed by atoms with Crippen molar-refractivity contribution in [2.75, 3.05) is 66.8 Å². The summed E-state index contributed by atoms with van der Waals surface area (Å²) in [5.41, 5.74) is 0.501. The molecule has 6 heterocycles. The van der Waals surface area contributed by atoms with Crippen LogP contribution in [0.25, 0.3) is 0 Å². The van der Waals surface area contributed by atoms with Crippen molar-refractivity contribution >= 4 is 29.5 Å². The molecule has 0 aromatic carbocycles. The first kappa shape index (κ1) is 57.9. The second-order valence-corrected chi connectivity index (χ2v) is 23.4. The lowest BCUT2D eigenvalue weighted by Gasteiger charge is -2.40. The van der Waals surface area contributed by atoms with Gasteiger partial charge in [-0.25, -0.2) is 0 Å². The molecule has 3 saturated carbocycles. The number of piperidine rings is 1. The van der Waals surface area contributed by atoms with Crippen LogP contribution in [0.1, 0.15) is 150 Å². The highest BCUT2D eigenvalue weighted by molar-refractivity contribution is 5.90. The molecule has 17 nitrogen and oxygen atoms in total. The molecule has 6 atom stereocenters. The lowest BCUT2D eigenvalue weighted by Crippen LogP contribution is -2.51. The molecule has 7 aliphatic rings. The van der Waals surface area contributed by atoms with Crippen LogP contribution >= 0.6 is 0 Å². The van der Waals surface area contributed by atoms with Crippen molar-refractivity contribution in [1.29, 1.82) is 0 Å². The zero-order valence-corrected chi connectivity index (χ0v) is 45.8. The number of ether oxygens (including phenoxy) is 4. The van der Waals surface area contributed by atoms with Crippen LogP contribution in [0, 0.1) is 23.2 Å². The van der Waals surface area contributed by atoms with E-state index < -0.39 is 23.1 Å². The highest BCUT2D eigenvalue weighted by Crippen LogP contribution is 2.47. The van der Waals surface area contributed by atoms with E-state index in [0.717, 1.165) is 101 Å². The Balaban J connectivity index is 0.644. The lowest BCUT2D eigenvalue weighted by atomic mass is 9.76. The van der Waals surface area contributed by atoms with Crippen LogP contribution in [0.15, 0.2) is 36.8 Å². The molecule has 6 fully saturated rings. The Hall–Kier alpha value is -4.76. The summed E-state index contributed by atoms with van der Waals surface area (Å²) in [5, 5.41) is 9.99. The van der Waals surface area contributed by atoms with E-state index in [9.17, 15) is 37.1 Å². The Morgan fingerprint density at radius 1 is 0.897 bits per heavy atom. The van der Waals surface area contributed by atoms with Crippen LogP contribution in [-0.2, 0) is 62.1 Å². The second kappa shape index (κ2) is 26.7. The molecule has 3 aliphatic carbocycles. The number of pyridine rings is 2. The molecule has 4 aliphatic heterocycles. The molecule has 430 valence electrons. The largest absolute Gasteiger partial charge is 0.417 e. The quantitative estimate of drug-likeness (QED) is 0.123. The van der Waals surface area contributed by atoms with Gasteiger partial charge >= 0.3 is 6.18 Å². The van der Waals surface area contributed by atoms with Crippen molar-refractivity contribution in [1.82, 2.24) is 40.6 Å². The minimum Gasteiger partial charge on any atom is -0.379 e. The molecule has 0 bridgehead atoms. The maximum atomic E-state index is 14.8. The van der Waals surface area contributed by atoms with Gasteiger partial charge in [-0.05, 0) is 138 Å². The molecule has 2 aromatic heterocycles. The fourth-order valence-electron chi connectivity index (χ4n) is 13.8. The second-order valence-electron chi connectivity index (χ2n) is 23.4. The number of rotatable bonds is 20. The van der Waals surface area contributed by atoms with Crippen molar-refractivity contribution in [3.8, 4) is 0 Å². The van der Waals surface area contributed by atoms with E-state index in [1.165, 1.54) is 0 Å². The number of nitrogens with zero attached hydrogens (tertiary/aromatic N) is 5. The molecule has 20 heteroatoms. The average Bonchev–Trinajstić information content (AvgIpc) is 4.15. The topological polar surface area (TPSA) is 194 Å². The summed E-state index contributed by atoms with van der Waals surface area (Å²) < 4.78 is 64.7. The number of carbonyl (C=O) groups excluding carboxylic acids is 5. The van der Waals surface area contributed by atoms with E-state index in [2.05, 4.69) is 25.9 Å². The first-order chi connectivity index (χ1) is 37.7. The normalized spacial score (nSPS) is 30.0. The van der Waals surface area contributed by atoms with Gasteiger partial charge in [0, 0.05) is 128 Å². The third kappa shape index (κ3) is 14.6. The number of hydrogen-bond donors (Lipinski definition) is 3. The highest BCUT2D eigenvalue weighted by Gasteiger charge is 2.49. The minimum absolute atomic E-state index is 0.0174. The Labute approximate surface area is 457 Å². The predicted octanol–water partition coefficient (Wildman–Crippen LogP) is 6.47. The SMILES string of the molecule is CO[C@@H]1COCC[C@@H]1N[C@@H]1CC[C@](CCC2CCN(C(=O)C3CCC(NC(=O)CCCOC4CCC(OCCNC(=O)[C@H]5CC(=O)N(C)[C@@H]5c5cccnc5)CC4)CC3)CC2)(C(=O)N2CCc3ncc(C(F)(F)F)cc3C2)C1. The number of carbonyl (C=O) groups is 5. The fraction of sp³-hybridized carbons (Fsp3) is 0.741. The number of halogens is 3. The third-order valence-electron chi connectivity index (χ3n) is 18.4. The van der Waals surface area contributed by atoms with E-state index >= 15 is 0 Å². The van der Waals surface area contributed by atoms with Gasteiger partial charge in [0.2, 0.25) is 29.5 Å². The molecular weight excluding hydrogens is 1010 g/mol. The summed E-state index contributed by atoms with van der Waals surface area (Å²) in [7, 11) is 3.42. The Kier molecular flexibility index (Phi) is 19.8. The van der Waals surface area contributed by atoms with Crippen molar-refractivity contribution in [3.63, 3.8) is 0 Å². The van der Waals surface area contributed by atoms with Gasteiger partial charge in [0.15, 0.2) is 0 Å². The number of alkyl halides is 3. The number of nitrogens with one attached hydrogen (secondary N) is 3. The molecule has 3 N–H and O–H groups in total. The van der Waals surface area contributed by atoms with Gasteiger partial charge in [-0.1, -0.05) is 6.07 Å². The number of fused-ring (bicyclic) bond motifs is 1. The van der Waals surface area contributed by atoms with Gasteiger partial charge in [-0.3, -0.25) is 33.9 Å². The minimum atomic E-state index is -4.51. The molecule has 5 amide bonds. The van der Waals surface area contributed by atoms with Crippen LogP contribution in [0.4, 0.5) is 13.2 Å². The summed E-state index contributed by atoms with van der Waals surface area (Å²) in [5.74, 6) is -0.136. The van der Waals surface area contributed by atoms with E-state index in [-0.39, 0.29) is 90.9 Å². The lowest BCUT2D eigenvalue weighted by molar-refractivity contribution is -0.144. The van der Waals surface area contributed by atoms with E-state index in [1.54, 1.807) is 36.4 Å². The Bertz CT molecular complexity index is 2340. The zero-order chi connectivity index (χ0) is 54.8. The summed E-state index contributed by atoms with van der Waals surface area (Å²) in [6.07, 6.45) is 14.3. The molecule has 0 unspecified atom stereocenters. The van der Waals surface area contributed by atoms with Gasteiger partial charge < -0.3 is 49.6 Å². The maximum absolute atomic E-state index is 14.8. The van der Waals surface area contributed by atoms with Gasteiger partial charge in [-0.2, -0.15) is 13.2 Å². The van der Waals surface area contributed by atoms with Crippen molar-refractivity contribution in [2.45, 2.75) is 184 Å². The van der Waals surface area contributed by atoms with Crippen LogP contribution in [0.5, 0.6) is 0 Å². The van der Waals surface area contributed by atoms with Crippen molar-refractivity contribution < 1.29 is 56.1 Å². The summed E-state index contributed by atoms with van der Waals surface area (Å²) in [4.78, 5) is 80.9. The average molecular weight is 1090 g/mol. The molecular formula is C58H83F3N8O9. The smallest absolute Gasteiger partial charge is 0.379 e. The number of hydrogen-bond acceptors (Lipinski definition) is 12. The standard InChI is InChI=1S/C58H83F3N8O9/c1-67-52(71)32-47(53(67)40-5-3-23-62-34-40)54(72)63-24-30-78-46-13-11-45(12-14-46)77-28-4-6-51(70)66-43-9-7-39(8-10-43)55(73)68-25-17-38(18-26-68)15-21-57(22-16-44(33-57)65-49-20-29-76-37-50(49)75-2)56(74)69-27-19-48-41(36-69)31-42(35-64-48)58(59,60)61/h3,5,23,31,34-35,38-39,43-47,49-50,53,65H,4,6-22,24-30,32-33,36-37H2,1-2H3,(H,63,72)(H,66,70)/t39?,43?,44-,45?,46?,47+,49+,50-,53-,57+/m1/s1. The van der Waals surface area contributed by atoms with Crippen LogP contribution in [-0.4, -0.2) is 157 Å². The summed E-state index contributed by atoms with van der Waals surface area (Å²) >= 11 is 0. The highest BCUT2D eigenvalue weighted by atomic mass is 19.4. The molecule has 3 saturated heterocycles. The van der Waals surface area contributed by atoms with Crippen molar-refractivity contribution in [3.05, 3.63) is 59.2 Å².